The molecule has 1 unspecified atom stereocenters. The molecule has 0 saturated heterocycles. The molecule has 4 nitrogen and oxygen atoms in total. The van der Waals surface area contributed by atoms with E-state index in [1.165, 1.54) is 6.07 Å². The normalized spacial score (nSPS) is 18.4. The minimum atomic E-state index is -4.45. The van der Waals surface area contributed by atoms with Gasteiger partial charge in [0.1, 0.15) is 11.4 Å². The van der Waals surface area contributed by atoms with Crippen molar-refractivity contribution in [1.82, 2.24) is 4.90 Å². The fraction of sp³-hybridized carbons (Fsp3) is 0.588. The Kier molecular flexibility index (Phi) is 5.81. The average molecular weight is 377 g/mol. The molecule has 0 radical (unpaired) electrons. The number of halogens is 3. The summed E-state index contributed by atoms with van der Waals surface area (Å²) in [5.74, 6) is 0.202. The van der Waals surface area contributed by atoms with Crippen molar-refractivity contribution in [3.05, 3.63) is 29.3 Å². The number of ether oxygens (including phenoxy) is 1. The molecule has 0 aliphatic carbocycles. The number of fused-ring (bicyclic) bond motifs is 1. The molecular formula is C17H22F3NO3S. The van der Waals surface area contributed by atoms with E-state index in [9.17, 15) is 18.0 Å². The molecule has 1 heterocycles. The maximum atomic E-state index is 12.3. The van der Waals surface area contributed by atoms with Crippen LogP contribution < -0.4 is 4.18 Å². The second-order valence-electron chi connectivity index (χ2n) is 7.05. The molecule has 0 N–H and O–H groups in total. The predicted octanol–water partition coefficient (Wildman–Crippen LogP) is 5.13. The van der Waals surface area contributed by atoms with Crippen LogP contribution in [-0.2, 0) is 11.2 Å². The molecule has 1 aliphatic rings. The van der Waals surface area contributed by atoms with Crippen molar-refractivity contribution in [2.45, 2.75) is 51.1 Å². The Bertz CT molecular complexity index is 629. The van der Waals surface area contributed by atoms with Crippen molar-refractivity contribution in [2.24, 2.45) is 0 Å². The zero-order valence-electron chi connectivity index (χ0n) is 14.6. The van der Waals surface area contributed by atoms with Gasteiger partial charge in [0.25, 0.3) is 0 Å². The first-order valence-corrected chi connectivity index (χ1v) is 8.72. The summed E-state index contributed by atoms with van der Waals surface area (Å²) in [4.78, 5) is 13.9. The molecular weight excluding hydrogens is 355 g/mol. The fourth-order valence-corrected chi connectivity index (χ4v) is 2.99. The first-order chi connectivity index (χ1) is 11.4. The lowest BCUT2D eigenvalue weighted by molar-refractivity contribution is -0.0369. The third-order valence-corrected chi connectivity index (χ3v) is 4.14. The highest BCUT2D eigenvalue weighted by Gasteiger charge is 2.32. The Morgan fingerprint density at radius 3 is 2.56 bits per heavy atom. The molecule has 25 heavy (non-hydrogen) atoms. The first-order valence-electron chi connectivity index (χ1n) is 7.98. The second kappa shape index (κ2) is 7.35. The van der Waals surface area contributed by atoms with E-state index in [4.69, 9.17) is 8.92 Å². The molecule has 0 aromatic heterocycles. The minimum absolute atomic E-state index is 0.0503. The van der Waals surface area contributed by atoms with E-state index in [-0.39, 0.29) is 17.8 Å². The Labute approximate surface area is 149 Å². The number of benzene rings is 1. The molecule has 1 atom stereocenters. The van der Waals surface area contributed by atoms with Crippen LogP contribution >= 0.6 is 12.0 Å². The summed E-state index contributed by atoms with van der Waals surface area (Å²) in [6.07, 6.45) is 0.156. The van der Waals surface area contributed by atoms with Gasteiger partial charge in [-0.15, -0.1) is 0 Å². The van der Waals surface area contributed by atoms with Gasteiger partial charge in [0.15, 0.2) is 12.0 Å². The van der Waals surface area contributed by atoms with Crippen molar-refractivity contribution < 1.29 is 26.9 Å². The third kappa shape index (κ3) is 6.02. The maximum absolute atomic E-state index is 12.3. The molecule has 0 saturated carbocycles. The summed E-state index contributed by atoms with van der Waals surface area (Å²) in [6, 6.07) is 4.91. The molecule has 8 heteroatoms. The zero-order chi connectivity index (χ0) is 18.8. The van der Waals surface area contributed by atoms with E-state index in [0.717, 1.165) is 11.1 Å². The van der Waals surface area contributed by atoms with Gasteiger partial charge >= 0.3 is 11.6 Å². The maximum Gasteiger partial charge on any atom is 0.479 e. The average Bonchev–Trinajstić information content (AvgIpc) is 2.62. The van der Waals surface area contributed by atoms with Crippen LogP contribution in [0.1, 0.15) is 44.7 Å². The van der Waals surface area contributed by atoms with E-state index in [1.54, 1.807) is 17.0 Å². The number of rotatable bonds is 2. The van der Waals surface area contributed by atoms with E-state index in [1.807, 2.05) is 27.7 Å². The standard InChI is InChI=1S/C17H22F3NO3S/c1-11-10-21(15(22)23-16(2,3)4)8-7-12-9-13(5-6-14(11)12)24-25-17(18,19)20/h5-6,9,11H,7-8,10H2,1-4H3. The van der Waals surface area contributed by atoms with Gasteiger partial charge in [-0.3, -0.25) is 0 Å². The molecule has 1 aliphatic heterocycles. The van der Waals surface area contributed by atoms with E-state index >= 15 is 0 Å². The first kappa shape index (κ1) is 19.8. The lowest BCUT2D eigenvalue weighted by Crippen LogP contribution is -2.38. The highest BCUT2D eigenvalue weighted by molar-refractivity contribution is 7.95. The van der Waals surface area contributed by atoms with Crippen LogP contribution in [0.3, 0.4) is 0 Å². The van der Waals surface area contributed by atoms with Gasteiger partial charge in [-0.1, -0.05) is 13.0 Å². The fourth-order valence-electron chi connectivity index (χ4n) is 2.69. The Morgan fingerprint density at radius 1 is 1.28 bits per heavy atom. The Morgan fingerprint density at radius 2 is 1.96 bits per heavy atom. The van der Waals surface area contributed by atoms with Crippen LogP contribution in [0.15, 0.2) is 18.2 Å². The summed E-state index contributed by atoms with van der Waals surface area (Å²) in [6.45, 7) is 8.35. The molecule has 2 rings (SSSR count). The largest absolute Gasteiger partial charge is 0.479 e. The summed E-state index contributed by atoms with van der Waals surface area (Å²) in [5, 5.41) is 0. The molecule has 1 aromatic carbocycles. The van der Waals surface area contributed by atoms with Crippen LogP contribution in [0.5, 0.6) is 5.75 Å². The number of amides is 1. The topological polar surface area (TPSA) is 38.8 Å². The van der Waals surface area contributed by atoms with Gasteiger partial charge in [-0.2, -0.15) is 13.2 Å². The van der Waals surface area contributed by atoms with Crippen molar-refractivity contribution in [3.8, 4) is 5.75 Å². The second-order valence-corrected chi connectivity index (χ2v) is 7.85. The molecule has 0 spiro atoms. The monoisotopic (exact) mass is 377 g/mol. The minimum Gasteiger partial charge on any atom is -0.444 e. The number of hydrogen-bond donors (Lipinski definition) is 0. The van der Waals surface area contributed by atoms with Crippen molar-refractivity contribution in [2.75, 3.05) is 13.1 Å². The number of nitrogens with zero attached hydrogens (tertiary/aromatic N) is 1. The van der Waals surface area contributed by atoms with E-state index < -0.39 is 23.2 Å². The van der Waals surface area contributed by atoms with Gasteiger partial charge in [0.2, 0.25) is 0 Å². The van der Waals surface area contributed by atoms with Gasteiger partial charge in [0.05, 0.1) is 0 Å². The van der Waals surface area contributed by atoms with Gasteiger partial charge in [-0.25, -0.2) is 4.79 Å². The van der Waals surface area contributed by atoms with Gasteiger partial charge in [0, 0.05) is 13.1 Å². The van der Waals surface area contributed by atoms with Crippen molar-refractivity contribution in [1.29, 1.82) is 0 Å². The lowest BCUT2D eigenvalue weighted by atomic mass is 9.95. The van der Waals surface area contributed by atoms with Gasteiger partial charge in [-0.05, 0) is 56.4 Å². The van der Waals surface area contributed by atoms with Crippen LogP contribution in [0.4, 0.5) is 18.0 Å². The lowest BCUT2D eigenvalue weighted by Gasteiger charge is -2.27. The number of carbonyl (C=O) groups excluding carboxylic acids is 1. The molecule has 1 aromatic rings. The summed E-state index contributed by atoms with van der Waals surface area (Å²) in [5.41, 5.74) is -3.13. The quantitative estimate of drug-likeness (QED) is 0.670. The summed E-state index contributed by atoms with van der Waals surface area (Å²) >= 11 is -0.529. The zero-order valence-corrected chi connectivity index (χ0v) is 15.5. The van der Waals surface area contributed by atoms with Crippen molar-refractivity contribution >= 4 is 18.1 Å². The van der Waals surface area contributed by atoms with E-state index in [2.05, 4.69) is 0 Å². The predicted molar refractivity (Wildman–Crippen MR) is 90.6 cm³/mol. The molecule has 0 bridgehead atoms. The Hall–Kier alpha value is -1.57. The Balaban J connectivity index is 2.10. The highest BCUT2D eigenvalue weighted by Crippen LogP contribution is 2.35. The smallest absolute Gasteiger partial charge is 0.444 e. The summed E-state index contributed by atoms with van der Waals surface area (Å²) < 4.78 is 46.9. The summed E-state index contributed by atoms with van der Waals surface area (Å²) in [7, 11) is 0. The van der Waals surface area contributed by atoms with E-state index in [0.29, 0.717) is 19.5 Å². The number of carbonyl (C=O) groups is 1. The number of alkyl halides is 3. The van der Waals surface area contributed by atoms with Crippen LogP contribution in [-0.4, -0.2) is 35.2 Å². The van der Waals surface area contributed by atoms with Crippen LogP contribution in [0, 0.1) is 0 Å². The molecule has 0 fully saturated rings. The number of hydrogen-bond acceptors (Lipinski definition) is 4. The third-order valence-electron chi connectivity index (χ3n) is 3.67. The molecule has 140 valence electrons. The SMILES string of the molecule is CC1CN(C(=O)OC(C)(C)C)CCc2cc(OSC(F)(F)F)ccc21. The highest BCUT2D eigenvalue weighted by atomic mass is 32.2. The van der Waals surface area contributed by atoms with Gasteiger partial charge < -0.3 is 13.8 Å². The van der Waals surface area contributed by atoms with Crippen LogP contribution in [0.2, 0.25) is 0 Å². The van der Waals surface area contributed by atoms with Crippen LogP contribution in [0.25, 0.3) is 0 Å². The molecule has 1 amide bonds. The van der Waals surface area contributed by atoms with Crippen molar-refractivity contribution in [3.63, 3.8) is 0 Å².